The highest BCUT2D eigenvalue weighted by molar-refractivity contribution is 5.81. The first-order valence-corrected chi connectivity index (χ1v) is 4.85. The van der Waals surface area contributed by atoms with E-state index in [1.54, 1.807) is 6.92 Å². The zero-order chi connectivity index (χ0) is 10.7. The summed E-state index contributed by atoms with van der Waals surface area (Å²) in [5.74, 6) is -0.194. The molecule has 3 nitrogen and oxygen atoms in total. The molecule has 82 valence electrons. The number of halogens is 2. The van der Waals surface area contributed by atoms with E-state index in [1.807, 2.05) is 0 Å². The van der Waals surface area contributed by atoms with Crippen LogP contribution in [0.25, 0.3) is 0 Å². The van der Waals surface area contributed by atoms with Crippen LogP contribution in [-0.2, 0) is 4.79 Å². The normalized spacial score (nSPS) is 20.6. The number of alkyl halides is 2. The maximum absolute atomic E-state index is 12.1. The lowest BCUT2D eigenvalue weighted by Gasteiger charge is -2.18. The monoisotopic (exact) mass is 206 g/mol. The molecular formula is C9H16F2N2O. The van der Waals surface area contributed by atoms with Gasteiger partial charge in [-0.15, -0.1) is 0 Å². The molecule has 0 bridgehead atoms. The first-order chi connectivity index (χ1) is 6.50. The van der Waals surface area contributed by atoms with Crippen molar-refractivity contribution in [1.82, 2.24) is 10.6 Å². The summed E-state index contributed by atoms with van der Waals surface area (Å²) >= 11 is 0. The van der Waals surface area contributed by atoms with Gasteiger partial charge in [-0.25, -0.2) is 8.78 Å². The number of amides is 1. The summed E-state index contributed by atoms with van der Waals surface area (Å²) in [6, 6.07) is -1.23. The van der Waals surface area contributed by atoms with E-state index in [1.165, 1.54) is 6.92 Å². The number of carbonyl (C=O) groups excluding carboxylic acids is 1. The van der Waals surface area contributed by atoms with Crippen LogP contribution in [0.15, 0.2) is 0 Å². The Kier molecular flexibility index (Phi) is 3.80. The third kappa shape index (κ3) is 3.57. The van der Waals surface area contributed by atoms with Gasteiger partial charge >= 0.3 is 0 Å². The summed E-state index contributed by atoms with van der Waals surface area (Å²) in [7, 11) is 0. The first kappa shape index (κ1) is 11.4. The summed E-state index contributed by atoms with van der Waals surface area (Å²) in [5, 5.41) is 5.30. The first-order valence-electron chi connectivity index (χ1n) is 4.85. The van der Waals surface area contributed by atoms with Gasteiger partial charge in [-0.3, -0.25) is 10.1 Å². The SMILES string of the molecule is CC(NC(C)C(F)F)C(=O)NC1CC1. The fourth-order valence-electron chi connectivity index (χ4n) is 1.10. The minimum atomic E-state index is -2.44. The van der Waals surface area contributed by atoms with E-state index < -0.39 is 18.5 Å². The summed E-state index contributed by atoms with van der Waals surface area (Å²) in [4.78, 5) is 11.3. The van der Waals surface area contributed by atoms with Crippen molar-refractivity contribution in [3.63, 3.8) is 0 Å². The number of hydrogen-bond acceptors (Lipinski definition) is 2. The lowest BCUT2D eigenvalue weighted by molar-refractivity contribution is -0.123. The van der Waals surface area contributed by atoms with Crippen molar-refractivity contribution in [3.8, 4) is 0 Å². The second kappa shape index (κ2) is 4.68. The van der Waals surface area contributed by atoms with Crippen LogP contribution in [-0.4, -0.2) is 30.5 Å². The van der Waals surface area contributed by atoms with E-state index in [-0.39, 0.29) is 11.9 Å². The number of carbonyl (C=O) groups is 1. The van der Waals surface area contributed by atoms with E-state index in [4.69, 9.17) is 0 Å². The molecule has 1 aliphatic rings. The van der Waals surface area contributed by atoms with Gasteiger partial charge in [-0.05, 0) is 26.7 Å². The summed E-state index contributed by atoms with van der Waals surface area (Å²) in [6.45, 7) is 2.96. The predicted octanol–water partition coefficient (Wildman–Crippen LogP) is 0.897. The molecule has 5 heteroatoms. The van der Waals surface area contributed by atoms with E-state index in [0.29, 0.717) is 0 Å². The molecule has 2 atom stereocenters. The fourth-order valence-corrected chi connectivity index (χ4v) is 1.10. The molecule has 0 aromatic rings. The average molecular weight is 206 g/mol. The molecule has 1 fully saturated rings. The smallest absolute Gasteiger partial charge is 0.253 e. The summed E-state index contributed by atoms with van der Waals surface area (Å²) < 4.78 is 24.3. The zero-order valence-corrected chi connectivity index (χ0v) is 8.39. The molecule has 0 aromatic carbocycles. The van der Waals surface area contributed by atoms with Gasteiger partial charge in [0.05, 0.1) is 12.1 Å². The maximum atomic E-state index is 12.1. The van der Waals surface area contributed by atoms with Crippen LogP contribution in [0.3, 0.4) is 0 Å². The van der Waals surface area contributed by atoms with Crippen molar-refractivity contribution in [2.24, 2.45) is 0 Å². The number of rotatable bonds is 5. The van der Waals surface area contributed by atoms with Crippen LogP contribution in [0.2, 0.25) is 0 Å². The van der Waals surface area contributed by atoms with Crippen molar-refractivity contribution in [2.75, 3.05) is 0 Å². The lowest BCUT2D eigenvalue weighted by atomic mass is 10.2. The highest BCUT2D eigenvalue weighted by Gasteiger charge is 2.27. The second-order valence-electron chi connectivity index (χ2n) is 3.79. The third-order valence-corrected chi connectivity index (χ3v) is 2.21. The van der Waals surface area contributed by atoms with Crippen LogP contribution in [0.4, 0.5) is 8.78 Å². The Balaban J connectivity index is 2.24. The standard InChI is InChI=1S/C9H16F2N2O/c1-5(8(10)11)12-6(2)9(14)13-7-3-4-7/h5-8,12H,3-4H2,1-2H3,(H,13,14). The van der Waals surface area contributed by atoms with Crippen LogP contribution in [0.5, 0.6) is 0 Å². The Morgan fingerprint density at radius 1 is 1.36 bits per heavy atom. The highest BCUT2D eigenvalue weighted by Crippen LogP contribution is 2.18. The van der Waals surface area contributed by atoms with E-state index >= 15 is 0 Å². The van der Waals surface area contributed by atoms with Crippen LogP contribution in [0.1, 0.15) is 26.7 Å². The number of hydrogen-bond donors (Lipinski definition) is 2. The van der Waals surface area contributed by atoms with Gasteiger partial charge in [-0.1, -0.05) is 0 Å². The quantitative estimate of drug-likeness (QED) is 0.701. The van der Waals surface area contributed by atoms with Crippen molar-refractivity contribution in [3.05, 3.63) is 0 Å². The molecule has 0 heterocycles. The third-order valence-electron chi connectivity index (χ3n) is 2.21. The van der Waals surface area contributed by atoms with Crippen molar-refractivity contribution in [2.45, 2.75) is 51.2 Å². The molecule has 1 rings (SSSR count). The van der Waals surface area contributed by atoms with Gasteiger partial charge < -0.3 is 5.32 Å². The Morgan fingerprint density at radius 3 is 2.36 bits per heavy atom. The molecule has 0 saturated heterocycles. The zero-order valence-electron chi connectivity index (χ0n) is 8.39. The van der Waals surface area contributed by atoms with E-state index in [2.05, 4.69) is 10.6 Å². The van der Waals surface area contributed by atoms with E-state index in [9.17, 15) is 13.6 Å². The molecule has 0 aromatic heterocycles. The fraction of sp³-hybridized carbons (Fsp3) is 0.889. The molecular weight excluding hydrogens is 190 g/mol. The lowest BCUT2D eigenvalue weighted by Crippen LogP contribution is -2.48. The minimum Gasteiger partial charge on any atom is -0.352 e. The van der Waals surface area contributed by atoms with Crippen molar-refractivity contribution >= 4 is 5.91 Å². The topological polar surface area (TPSA) is 41.1 Å². The van der Waals surface area contributed by atoms with Crippen LogP contribution < -0.4 is 10.6 Å². The molecule has 0 spiro atoms. The maximum Gasteiger partial charge on any atom is 0.253 e. The van der Waals surface area contributed by atoms with Gasteiger partial charge in [0, 0.05) is 6.04 Å². The largest absolute Gasteiger partial charge is 0.352 e. The predicted molar refractivity (Wildman–Crippen MR) is 49.2 cm³/mol. The molecule has 0 radical (unpaired) electrons. The Labute approximate surface area is 82.2 Å². The van der Waals surface area contributed by atoms with Gasteiger partial charge in [0.15, 0.2) is 0 Å². The number of nitrogens with one attached hydrogen (secondary N) is 2. The Bertz CT molecular complexity index is 207. The van der Waals surface area contributed by atoms with Gasteiger partial charge in [0.1, 0.15) is 0 Å². The molecule has 2 unspecified atom stereocenters. The molecule has 1 amide bonds. The molecule has 1 aliphatic carbocycles. The van der Waals surface area contributed by atoms with Crippen molar-refractivity contribution < 1.29 is 13.6 Å². The van der Waals surface area contributed by atoms with Gasteiger partial charge in [0.2, 0.25) is 5.91 Å². The highest BCUT2D eigenvalue weighted by atomic mass is 19.3. The van der Waals surface area contributed by atoms with Crippen molar-refractivity contribution in [1.29, 1.82) is 0 Å². The summed E-state index contributed by atoms with van der Waals surface area (Å²) in [5.41, 5.74) is 0. The van der Waals surface area contributed by atoms with Crippen LogP contribution in [0, 0.1) is 0 Å². The second-order valence-corrected chi connectivity index (χ2v) is 3.79. The molecule has 1 saturated carbocycles. The van der Waals surface area contributed by atoms with Gasteiger partial charge in [0.25, 0.3) is 6.43 Å². The van der Waals surface area contributed by atoms with Crippen LogP contribution >= 0.6 is 0 Å². The summed E-state index contributed by atoms with van der Waals surface area (Å²) in [6.07, 6.45) is -0.433. The Hall–Kier alpha value is -0.710. The Morgan fingerprint density at radius 2 is 1.93 bits per heavy atom. The van der Waals surface area contributed by atoms with E-state index in [0.717, 1.165) is 12.8 Å². The molecule has 0 aliphatic heterocycles. The van der Waals surface area contributed by atoms with Gasteiger partial charge in [-0.2, -0.15) is 0 Å². The minimum absolute atomic E-state index is 0.194. The molecule has 14 heavy (non-hydrogen) atoms. The molecule has 2 N–H and O–H groups in total. The average Bonchev–Trinajstić information content (AvgIpc) is 2.87.